The smallest absolute Gasteiger partial charge is 0.338 e. The van der Waals surface area contributed by atoms with Crippen LogP contribution in [0.3, 0.4) is 0 Å². The van der Waals surface area contributed by atoms with Crippen LogP contribution < -0.4 is 10.6 Å². The first kappa shape index (κ1) is 22.5. The molecule has 0 aliphatic heterocycles. The number of carbonyl (C=O) groups excluding carboxylic acids is 1. The van der Waals surface area contributed by atoms with Gasteiger partial charge in [-0.1, -0.05) is 25.1 Å². The minimum absolute atomic E-state index is 0.244. The number of hydrogen-bond donors (Lipinski definition) is 2. The Kier molecular flexibility index (Phi) is 6.18. The average molecular weight is 435 g/mol. The van der Waals surface area contributed by atoms with Gasteiger partial charge in [-0.15, -0.1) is 11.3 Å². The minimum atomic E-state index is -5.97. The highest BCUT2D eigenvalue weighted by molar-refractivity contribution is 7.16. The van der Waals surface area contributed by atoms with Gasteiger partial charge in [-0.2, -0.15) is 31.6 Å². The lowest BCUT2D eigenvalue weighted by Crippen LogP contribution is -2.72. The largest absolute Gasteiger partial charge is 0.439 e. The predicted molar refractivity (Wildman–Crippen MR) is 95.5 cm³/mol. The van der Waals surface area contributed by atoms with Gasteiger partial charge in [0.2, 0.25) is 0 Å². The Morgan fingerprint density at radius 3 is 2.10 bits per heavy atom. The lowest BCUT2D eigenvalue weighted by molar-refractivity contribution is -0.293. The summed E-state index contributed by atoms with van der Waals surface area (Å²) in [7, 11) is 0. The van der Waals surface area contributed by atoms with Gasteiger partial charge >= 0.3 is 18.0 Å². The second-order valence-corrected chi connectivity index (χ2v) is 7.22. The van der Waals surface area contributed by atoms with Crippen LogP contribution in [-0.4, -0.2) is 23.9 Å². The molecule has 1 heterocycles. The predicted octanol–water partition coefficient (Wildman–Crippen LogP) is 5.15. The number of alkyl halides is 6. The SMILES string of the molecule is CCc1c(C)sc(NC(NC(=O)c2ccccc2)(C(F)(F)F)C(F)(F)F)c1C#N. The van der Waals surface area contributed by atoms with E-state index in [9.17, 15) is 36.4 Å². The fourth-order valence-corrected chi connectivity index (χ4v) is 3.84. The van der Waals surface area contributed by atoms with E-state index in [0.717, 1.165) is 17.4 Å². The Morgan fingerprint density at radius 2 is 1.66 bits per heavy atom. The van der Waals surface area contributed by atoms with E-state index < -0.39 is 28.9 Å². The molecule has 156 valence electrons. The van der Waals surface area contributed by atoms with Crippen LogP contribution in [0.4, 0.5) is 31.3 Å². The summed E-state index contributed by atoms with van der Waals surface area (Å²) in [6, 6.07) is 7.87. The summed E-state index contributed by atoms with van der Waals surface area (Å²) < 4.78 is 82.7. The van der Waals surface area contributed by atoms with Gasteiger partial charge in [0.05, 0.1) is 5.56 Å². The van der Waals surface area contributed by atoms with Crippen molar-refractivity contribution in [3.63, 3.8) is 0 Å². The fourth-order valence-electron chi connectivity index (χ4n) is 2.69. The highest BCUT2D eigenvalue weighted by Gasteiger charge is 2.73. The first-order valence-corrected chi connectivity index (χ1v) is 9.01. The minimum Gasteiger partial charge on any atom is -0.338 e. The number of carbonyl (C=O) groups is 1. The van der Waals surface area contributed by atoms with Crippen LogP contribution in [0.1, 0.15) is 33.3 Å². The van der Waals surface area contributed by atoms with E-state index in [0.29, 0.717) is 21.8 Å². The zero-order chi connectivity index (χ0) is 22.0. The molecule has 0 unspecified atom stereocenters. The van der Waals surface area contributed by atoms with Crippen LogP contribution in [0.25, 0.3) is 0 Å². The number of aryl methyl sites for hydroxylation is 1. The Labute approximate surface area is 166 Å². The molecule has 0 saturated heterocycles. The Morgan fingerprint density at radius 1 is 1.10 bits per heavy atom. The number of nitrogens with zero attached hydrogens (tertiary/aromatic N) is 1. The first-order chi connectivity index (χ1) is 13.4. The van der Waals surface area contributed by atoms with Crippen LogP contribution in [0.5, 0.6) is 0 Å². The Bertz CT molecular complexity index is 914. The van der Waals surface area contributed by atoms with Gasteiger partial charge in [0.1, 0.15) is 11.1 Å². The van der Waals surface area contributed by atoms with Gasteiger partial charge in [-0.05, 0) is 31.0 Å². The number of amides is 1. The molecule has 2 aromatic rings. The van der Waals surface area contributed by atoms with Gasteiger partial charge in [-0.3, -0.25) is 4.79 Å². The third-order valence-electron chi connectivity index (χ3n) is 4.16. The molecule has 0 bridgehead atoms. The van der Waals surface area contributed by atoms with Crippen LogP contribution in [0.2, 0.25) is 0 Å². The molecule has 0 saturated carbocycles. The summed E-state index contributed by atoms with van der Waals surface area (Å²) in [6.07, 6.45) is -11.7. The number of hydrogen-bond acceptors (Lipinski definition) is 4. The maximum absolute atomic E-state index is 13.8. The number of benzene rings is 1. The number of halogens is 6. The van der Waals surface area contributed by atoms with Crippen molar-refractivity contribution in [2.24, 2.45) is 0 Å². The van der Waals surface area contributed by atoms with Crippen molar-refractivity contribution in [1.82, 2.24) is 5.32 Å². The van der Waals surface area contributed by atoms with Crippen molar-refractivity contribution in [3.8, 4) is 6.07 Å². The maximum atomic E-state index is 13.8. The quantitative estimate of drug-likeness (QED) is 0.504. The molecule has 0 radical (unpaired) electrons. The molecule has 1 amide bonds. The van der Waals surface area contributed by atoms with Gasteiger partial charge < -0.3 is 10.6 Å². The van der Waals surface area contributed by atoms with E-state index in [2.05, 4.69) is 0 Å². The topological polar surface area (TPSA) is 64.9 Å². The van der Waals surface area contributed by atoms with E-state index in [1.165, 1.54) is 30.4 Å². The number of anilines is 1. The molecule has 2 N–H and O–H groups in total. The molecule has 0 atom stereocenters. The normalized spacial score (nSPS) is 12.4. The second-order valence-electron chi connectivity index (χ2n) is 6.00. The fraction of sp³-hybridized carbons (Fsp3) is 0.333. The third kappa shape index (κ3) is 4.17. The van der Waals surface area contributed by atoms with E-state index in [4.69, 9.17) is 0 Å². The Balaban J connectivity index is 2.63. The van der Waals surface area contributed by atoms with Crippen molar-refractivity contribution in [2.75, 3.05) is 5.32 Å². The van der Waals surface area contributed by atoms with Gasteiger partial charge in [-0.25, -0.2) is 0 Å². The van der Waals surface area contributed by atoms with E-state index in [1.54, 1.807) is 13.0 Å². The summed E-state index contributed by atoms with van der Waals surface area (Å²) in [6.45, 7) is 3.11. The van der Waals surface area contributed by atoms with Crippen LogP contribution >= 0.6 is 11.3 Å². The van der Waals surface area contributed by atoms with Crippen LogP contribution in [0, 0.1) is 18.3 Å². The molecule has 1 aromatic heterocycles. The molecule has 2 rings (SSSR count). The van der Waals surface area contributed by atoms with Crippen molar-refractivity contribution < 1.29 is 31.1 Å². The number of thiophene rings is 1. The molecule has 0 aliphatic rings. The molecule has 0 fully saturated rings. The van der Waals surface area contributed by atoms with E-state index in [1.807, 2.05) is 0 Å². The van der Waals surface area contributed by atoms with Crippen molar-refractivity contribution >= 4 is 22.2 Å². The molecule has 0 aliphatic carbocycles. The van der Waals surface area contributed by atoms with Crippen molar-refractivity contribution in [1.29, 1.82) is 5.26 Å². The Hall–Kier alpha value is -2.74. The molecule has 29 heavy (non-hydrogen) atoms. The van der Waals surface area contributed by atoms with Gasteiger partial charge in [0.15, 0.2) is 0 Å². The van der Waals surface area contributed by atoms with Gasteiger partial charge in [0, 0.05) is 10.4 Å². The first-order valence-electron chi connectivity index (χ1n) is 8.19. The standard InChI is InChI=1S/C18H15F6N3OS/c1-3-12-10(2)29-15(13(12)9-25)27-16(17(19,20)21,18(22,23)24)26-14(28)11-7-5-4-6-8-11/h4-8,27H,3H2,1-2H3,(H,26,28). The average Bonchev–Trinajstić information content (AvgIpc) is 2.93. The lowest BCUT2D eigenvalue weighted by Gasteiger charge is -2.38. The third-order valence-corrected chi connectivity index (χ3v) is 5.23. The van der Waals surface area contributed by atoms with Crippen LogP contribution in [-0.2, 0) is 6.42 Å². The zero-order valence-electron chi connectivity index (χ0n) is 15.1. The molecule has 4 nitrogen and oxygen atoms in total. The lowest BCUT2D eigenvalue weighted by atomic mass is 10.1. The summed E-state index contributed by atoms with van der Waals surface area (Å²) >= 11 is 0.587. The van der Waals surface area contributed by atoms with Crippen molar-refractivity contribution in [3.05, 3.63) is 51.9 Å². The summed E-state index contributed by atoms with van der Waals surface area (Å²) in [5.74, 6) is -1.57. The monoisotopic (exact) mass is 435 g/mol. The summed E-state index contributed by atoms with van der Waals surface area (Å²) in [4.78, 5) is 12.6. The molecule has 11 heteroatoms. The summed E-state index contributed by atoms with van der Waals surface area (Å²) in [5.41, 5.74) is -5.15. The van der Waals surface area contributed by atoms with Crippen molar-refractivity contribution in [2.45, 2.75) is 38.3 Å². The van der Waals surface area contributed by atoms with E-state index in [-0.39, 0.29) is 17.5 Å². The maximum Gasteiger partial charge on any atom is 0.439 e. The number of nitriles is 1. The van der Waals surface area contributed by atoms with Gasteiger partial charge in [0.25, 0.3) is 5.91 Å². The van der Waals surface area contributed by atoms with Crippen LogP contribution in [0.15, 0.2) is 30.3 Å². The summed E-state index contributed by atoms with van der Waals surface area (Å²) in [5, 5.41) is 11.1. The number of rotatable bonds is 5. The van der Waals surface area contributed by atoms with E-state index >= 15 is 0 Å². The highest BCUT2D eigenvalue weighted by atomic mass is 32.1. The molecule has 1 aromatic carbocycles. The zero-order valence-corrected chi connectivity index (χ0v) is 15.9. The molecule has 0 spiro atoms. The molecular weight excluding hydrogens is 420 g/mol. The number of nitrogens with one attached hydrogen (secondary N) is 2. The highest BCUT2D eigenvalue weighted by Crippen LogP contribution is 2.46. The molecular formula is C18H15F6N3OS. The second kappa shape index (κ2) is 7.94.